The van der Waals surface area contributed by atoms with Gasteiger partial charge in [-0.2, -0.15) is 0 Å². The van der Waals surface area contributed by atoms with Crippen LogP contribution in [0.3, 0.4) is 0 Å². The van der Waals surface area contributed by atoms with Gasteiger partial charge >= 0.3 is 0 Å². The van der Waals surface area contributed by atoms with Crippen LogP contribution in [0.1, 0.15) is 22.3 Å². The first-order valence-electron chi connectivity index (χ1n) is 4.12. The number of hydrogen-bond donors (Lipinski definition) is 0. The van der Waals surface area contributed by atoms with Crippen LogP contribution in [-0.2, 0) is 5.33 Å². The molecule has 0 atom stereocenters. The molecule has 0 amide bonds. The summed E-state index contributed by atoms with van der Waals surface area (Å²) in [6.07, 6.45) is 0.387. The lowest BCUT2D eigenvalue weighted by atomic mass is 10.0. The second-order valence-corrected chi connectivity index (χ2v) is 4.65. The largest absolute Gasteiger partial charge is 0.294 e. The van der Waals surface area contributed by atoms with E-state index in [0.717, 1.165) is 15.6 Å². The molecule has 0 aromatic heterocycles. The Morgan fingerprint density at radius 1 is 1.43 bits per heavy atom. The molecular weight excluding hydrogens is 331 g/mol. The fourth-order valence-corrected chi connectivity index (χ4v) is 2.17. The number of hydrogen-bond acceptors (Lipinski definition) is 1. The van der Waals surface area contributed by atoms with Crippen molar-refractivity contribution in [2.75, 3.05) is 5.88 Å². The maximum atomic E-state index is 11.7. The van der Waals surface area contributed by atoms with Gasteiger partial charge in [-0.3, -0.25) is 4.79 Å². The fourth-order valence-electron chi connectivity index (χ4n) is 1.15. The Kier molecular flexibility index (Phi) is 5.13. The first kappa shape index (κ1) is 12.2. The summed E-state index contributed by atoms with van der Waals surface area (Å²) >= 11 is 12.2. The molecule has 0 saturated heterocycles. The third-order valence-electron chi connectivity index (χ3n) is 1.84. The van der Waals surface area contributed by atoms with Gasteiger partial charge in [0.15, 0.2) is 5.78 Å². The van der Waals surface area contributed by atoms with Crippen LogP contribution >= 0.6 is 43.5 Å². The van der Waals surface area contributed by atoms with Crippen molar-refractivity contribution >= 4 is 49.2 Å². The van der Waals surface area contributed by atoms with Crippen LogP contribution in [0.4, 0.5) is 0 Å². The Hall–Kier alpha value is 0.140. The van der Waals surface area contributed by atoms with Crippen molar-refractivity contribution in [2.24, 2.45) is 0 Å². The molecule has 0 saturated carbocycles. The van der Waals surface area contributed by atoms with Crippen molar-refractivity contribution in [3.8, 4) is 0 Å². The minimum absolute atomic E-state index is 0.0933. The van der Waals surface area contributed by atoms with Crippen LogP contribution in [-0.4, -0.2) is 11.7 Å². The van der Waals surface area contributed by atoms with E-state index >= 15 is 0 Å². The highest BCUT2D eigenvalue weighted by atomic mass is 79.9. The third-order valence-corrected chi connectivity index (χ3v) is 3.12. The van der Waals surface area contributed by atoms with Gasteiger partial charge in [0, 0.05) is 27.7 Å². The number of carbonyl (C=O) groups excluding carboxylic acids is 1. The van der Waals surface area contributed by atoms with Gasteiger partial charge in [-0.05, 0) is 17.7 Å². The van der Waals surface area contributed by atoms with Gasteiger partial charge in [0.2, 0.25) is 0 Å². The topological polar surface area (TPSA) is 17.1 Å². The second kappa shape index (κ2) is 5.89. The molecule has 1 aromatic rings. The molecule has 0 spiro atoms. The van der Waals surface area contributed by atoms with Crippen LogP contribution in [0.25, 0.3) is 0 Å². The van der Waals surface area contributed by atoms with Crippen molar-refractivity contribution in [2.45, 2.75) is 11.8 Å². The van der Waals surface area contributed by atoms with Crippen LogP contribution in [0.2, 0.25) is 0 Å². The monoisotopic (exact) mass is 338 g/mol. The van der Waals surface area contributed by atoms with Crippen LogP contribution in [0.5, 0.6) is 0 Å². The van der Waals surface area contributed by atoms with Crippen LogP contribution < -0.4 is 0 Å². The molecule has 1 aromatic carbocycles. The molecule has 0 aliphatic carbocycles. The normalized spacial score (nSPS) is 10.2. The van der Waals surface area contributed by atoms with Crippen LogP contribution in [0, 0.1) is 0 Å². The summed E-state index contributed by atoms with van der Waals surface area (Å²) in [4.78, 5) is 11.7. The van der Waals surface area contributed by atoms with Gasteiger partial charge in [-0.1, -0.05) is 37.9 Å². The van der Waals surface area contributed by atoms with E-state index in [0.29, 0.717) is 17.6 Å². The number of alkyl halides is 2. The average molecular weight is 340 g/mol. The summed E-state index contributed by atoms with van der Waals surface area (Å²) in [6, 6.07) is 5.69. The number of halogens is 3. The zero-order valence-electron chi connectivity index (χ0n) is 7.40. The number of rotatable bonds is 4. The summed E-state index contributed by atoms with van der Waals surface area (Å²) < 4.78 is 0.917. The molecule has 14 heavy (non-hydrogen) atoms. The first-order chi connectivity index (χ1) is 6.69. The van der Waals surface area contributed by atoms with Crippen LogP contribution in [0.15, 0.2) is 22.7 Å². The Morgan fingerprint density at radius 3 is 2.71 bits per heavy atom. The predicted octanol–water partition coefficient (Wildman–Crippen LogP) is 4.16. The molecule has 0 unspecified atom stereocenters. The zero-order chi connectivity index (χ0) is 10.6. The van der Waals surface area contributed by atoms with Crippen molar-refractivity contribution in [3.05, 3.63) is 33.8 Å². The Morgan fingerprint density at radius 2 is 2.14 bits per heavy atom. The maximum Gasteiger partial charge on any atom is 0.164 e. The van der Waals surface area contributed by atoms with Crippen molar-refractivity contribution in [3.63, 3.8) is 0 Å². The number of benzene rings is 1. The third kappa shape index (κ3) is 3.07. The van der Waals surface area contributed by atoms with Crippen molar-refractivity contribution in [1.29, 1.82) is 0 Å². The molecule has 0 N–H and O–H groups in total. The van der Waals surface area contributed by atoms with Gasteiger partial charge in [0.05, 0.1) is 0 Å². The Balaban J connectivity index is 3.03. The molecule has 1 nitrogen and oxygen atoms in total. The summed E-state index contributed by atoms with van der Waals surface area (Å²) in [5, 5.41) is 0.684. The van der Waals surface area contributed by atoms with E-state index in [1.165, 1.54) is 0 Å². The lowest BCUT2D eigenvalue weighted by molar-refractivity contribution is 0.0988. The molecule has 1 rings (SSSR count). The van der Waals surface area contributed by atoms with Crippen molar-refractivity contribution < 1.29 is 4.79 Å². The summed E-state index contributed by atoms with van der Waals surface area (Å²) in [7, 11) is 0. The van der Waals surface area contributed by atoms with E-state index in [4.69, 9.17) is 11.6 Å². The molecule has 0 fully saturated rings. The minimum Gasteiger partial charge on any atom is -0.294 e. The minimum atomic E-state index is 0.0933. The van der Waals surface area contributed by atoms with E-state index in [-0.39, 0.29) is 5.78 Å². The van der Waals surface area contributed by atoms with Gasteiger partial charge in [0.25, 0.3) is 0 Å². The van der Waals surface area contributed by atoms with E-state index in [2.05, 4.69) is 31.9 Å². The summed E-state index contributed by atoms with van der Waals surface area (Å²) in [5.74, 6) is 0.461. The predicted molar refractivity (Wildman–Crippen MR) is 66.4 cm³/mol. The molecule has 0 heterocycles. The number of carbonyl (C=O) groups is 1. The maximum absolute atomic E-state index is 11.7. The van der Waals surface area contributed by atoms with E-state index < -0.39 is 0 Å². The molecular formula is C10H9Br2ClO. The Bertz CT molecular complexity index is 339. The zero-order valence-corrected chi connectivity index (χ0v) is 11.3. The quantitative estimate of drug-likeness (QED) is 0.594. The van der Waals surface area contributed by atoms with Gasteiger partial charge in [-0.15, -0.1) is 11.6 Å². The lowest BCUT2D eigenvalue weighted by Gasteiger charge is -2.05. The highest BCUT2D eigenvalue weighted by molar-refractivity contribution is 9.10. The molecule has 0 radical (unpaired) electrons. The van der Waals surface area contributed by atoms with Gasteiger partial charge < -0.3 is 0 Å². The first-order valence-corrected chi connectivity index (χ1v) is 6.57. The molecule has 0 bridgehead atoms. The summed E-state index contributed by atoms with van der Waals surface area (Å²) in [6.45, 7) is 0. The number of ketones is 1. The van der Waals surface area contributed by atoms with E-state index in [1.54, 1.807) is 0 Å². The molecule has 76 valence electrons. The van der Waals surface area contributed by atoms with E-state index in [1.807, 2.05) is 18.2 Å². The standard InChI is InChI=1S/C10H9Br2ClO/c11-6-7-1-2-8(12)5-9(7)10(14)3-4-13/h1-2,5H,3-4,6H2. The highest BCUT2D eigenvalue weighted by Crippen LogP contribution is 2.20. The smallest absolute Gasteiger partial charge is 0.164 e. The SMILES string of the molecule is O=C(CCCl)c1cc(Br)ccc1CBr. The van der Waals surface area contributed by atoms with E-state index in [9.17, 15) is 4.79 Å². The summed E-state index contributed by atoms with van der Waals surface area (Å²) in [5.41, 5.74) is 1.75. The Labute approximate surface area is 105 Å². The van der Waals surface area contributed by atoms with Gasteiger partial charge in [-0.25, -0.2) is 0 Å². The van der Waals surface area contributed by atoms with Gasteiger partial charge in [0.1, 0.15) is 0 Å². The molecule has 4 heteroatoms. The van der Waals surface area contributed by atoms with Crippen molar-refractivity contribution in [1.82, 2.24) is 0 Å². The highest BCUT2D eigenvalue weighted by Gasteiger charge is 2.10. The molecule has 0 aliphatic heterocycles. The fraction of sp³-hybridized carbons (Fsp3) is 0.300. The second-order valence-electron chi connectivity index (χ2n) is 2.80. The lowest BCUT2D eigenvalue weighted by Crippen LogP contribution is -2.03. The molecule has 0 aliphatic rings. The average Bonchev–Trinajstić information content (AvgIpc) is 2.18. The number of Topliss-reactive ketones (excluding diaryl/α,β-unsaturated/α-hetero) is 1.